The topological polar surface area (TPSA) is 76.4 Å². The molecule has 1 aromatic carbocycles. The third-order valence-corrected chi connectivity index (χ3v) is 3.59. The van der Waals surface area contributed by atoms with Crippen LogP contribution in [-0.4, -0.2) is 20.6 Å². The lowest BCUT2D eigenvalue weighted by Crippen LogP contribution is -2.11. The minimum atomic E-state index is -3.30. The zero-order chi connectivity index (χ0) is 14.0. The molecule has 1 aromatic heterocycles. The molecule has 0 bridgehead atoms. The van der Waals surface area contributed by atoms with E-state index in [4.69, 9.17) is 4.42 Å². The Bertz CT molecular complexity index is 716. The molecule has 5 nitrogen and oxygen atoms in total. The highest BCUT2D eigenvalue weighted by Gasteiger charge is 2.12. The van der Waals surface area contributed by atoms with E-state index in [-0.39, 0.29) is 10.7 Å². The molecule has 0 aliphatic carbocycles. The molecule has 0 aliphatic rings. The first-order valence-electron chi connectivity index (χ1n) is 5.54. The Hall–Kier alpha value is -2.08. The Morgan fingerprint density at radius 1 is 1.21 bits per heavy atom. The van der Waals surface area contributed by atoms with E-state index in [1.165, 1.54) is 12.1 Å². The number of furan rings is 1. The summed E-state index contributed by atoms with van der Waals surface area (Å²) in [6.45, 7) is 1.74. The molecule has 1 N–H and O–H groups in total. The molecule has 0 saturated carbocycles. The van der Waals surface area contributed by atoms with Gasteiger partial charge in [-0.25, -0.2) is 8.42 Å². The number of carbonyl (C=O) groups is 1. The van der Waals surface area contributed by atoms with Crippen molar-refractivity contribution in [3.8, 4) is 0 Å². The van der Waals surface area contributed by atoms with Gasteiger partial charge in [-0.1, -0.05) is 6.07 Å². The zero-order valence-corrected chi connectivity index (χ0v) is 11.3. The first kappa shape index (κ1) is 13.4. The number of hydrogen-bond donors (Lipinski definition) is 1. The number of benzene rings is 1. The molecule has 1 heterocycles. The van der Waals surface area contributed by atoms with Crippen molar-refractivity contribution < 1.29 is 17.6 Å². The molecule has 0 spiro atoms. The Morgan fingerprint density at radius 2 is 1.95 bits per heavy atom. The van der Waals surface area contributed by atoms with Crippen LogP contribution in [0.3, 0.4) is 0 Å². The molecule has 0 unspecified atom stereocenters. The lowest BCUT2D eigenvalue weighted by Gasteiger charge is -2.05. The summed E-state index contributed by atoms with van der Waals surface area (Å²) in [7, 11) is -3.30. The fourth-order valence-electron chi connectivity index (χ4n) is 1.55. The summed E-state index contributed by atoms with van der Waals surface area (Å²) in [5.74, 6) is 0.399. The molecule has 2 rings (SSSR count). The molecule has 0 radical (unpaired) electrons. The van der Waals surface area contributed by atoms with Crippen molar-refractivity contribution in [3.05, 3.63) is 47.9 Å². The number of hydrogen-bond acceptors (Lipinski definition) is 4. The number of sulfone groups is 1. The third kappa shape index (κ3) is 3.23. The number of carbonyl (C=O) groups excluding carboxylic acids is 1. The molecule has 2 aromatic rings. The predicted octanol–water partition coefficient (Wildman–Crippen LogP) is 2.24. The predicted molar refractivity (Wildman–Crippen MR) is 71.0 cm³/mol. The van der Waals surface area contributed by atoms with Crippen molar-refractivity contribution >= 4 is 21.4 Å². The molecular formula is C13H13NO4S. The first-order chi connectivity index (χ1) is 8.86. The molecule has 0 aliphatic heterocycles. The van der Waals surface area contributed by atoms with Crippen LogP contribution in [0, 0.1) is 6.92 Å². The number of aryl methyl sites for hydroxylation is 1. The van der Waals surface area contributed by atoms with Crippen molar-refractivity contribution in [2.75, 3.05) is 11.6 Å². The number of nitrogens with one attached hydrogen (secondary N) is 1. The fraction of sp³-hybridized carbons (Fsp3) is 0.154. The van der Waals surface area contributed by atoms with Crippen LogP contribution in [0.5, 0.6) is 0 Å². The van der Waals surface area contributed by atoms with Gasteiger partial charge in [0.1, 0.15) is 5.76 Å². The number of rotatable bonds is 3. The average molecular weight is 279 g/mol. The van der Waals surface area contributed by atoms with Crippen molar-refractivity contribution in [2.24, 2.45) is 0 Å². The van der Waals surface area contributed by atoms with Gasteiger partial charge in [-0.3, -0.25) is 4.79 Å². The van der Waals surface area contributed by atoms with Gasteiger partial charge in [-0.05, 0) is 37.3 Å². The van der Waals surface area contributed by atoms with Crippen molar-refractivity contribution in [3.63, 3.8) is 0 Å². The smallest absolute Gasteiger partial charge is 0.291 e. The van der Waals surface area contributed by atoms with Crippen molar-refractivity contribution in [2.45, 2.75) is 11.8 Å². The Morgan fingerprint density at radius 3 is 2.53 bits per heavy atom. The van der Waals surface area contributed by atoms with E-state index in [9.17, 15) is 13.2 Å². The maximum atomic E-state index is 11.8. The largest absolute Gasteiger partial charge is 0.456 e. The summed E-state index contributed by atoms with van der Waals surface area (Å²) in [6, 6.07) is 9.31. The molecule has 19 heavy (non-hydrogen) atoms. The van der Waals surface area contributed by atoms with Gasteiger partial charge in [0.2, 0.25) is 0 Å². The summed E-state index contributed by atoms with van der Waals surface area (Å²) in [5, 5.41) is 2.59. The minimum Gasteiger partial charge on any atom is -0.456 e. The van der Waals surface area contributed by atoms with E-state index in [2.05, 4.69) is 5.32 Å². The normalized spacial score (nSPS) is 11.3. The van der Waals surface area contributed by atoms with E-state index < -0.39 is 15.7 Å². The van der Waals surface area contributed by atoms with Crippen LogP contribution in [0.1, 0.15) is 16.3 Å². The quantitative estimate of drug-likeness (QED) is 0.934. The monoisotopic (exact) mass is 279 g/mol. The zero-order valence-electron chi connectivity index (χ0n) is 10.5. The van der Waals surface area contributed by atoms with E-state index in [0.29, 0.717) is 11.4 Å². The van der Waals surface area contributed by atoms with Crippen LogP contribution in [0.25, 0.3) is 0 Å². The second kappa shape index (κ2) is 4.89. The summed E-state index contributed by atoms with van der Waals surface area (Å²) < 4.78 is 28.0. The summed E-state index contributed by atoms with van der Waals surface area (Å²) in [4.78, 5) is 12.0. The van der Waals surface area contributed by atoms with Gasteiger partial charge in [0.15, 0.2) is 15.6 Å². The van der Waals surface area contributed by atoms with Gasteiger partial charge in [0.25, 0.3) is 5.91 Å². The van der Waals surface area contributed by atoms with E-state index in [1.807, 2.05) is 0 Å². The molecule has 1 amide bonds. The Kier molecular flexibility index (Phi) is 3.44. The highest BCUT2D eigenvalue weighted by atomic mass is 32.2. The summed E-state index contributed by atoms with van der Waals surface area (Å²) in [5.41, 5.74) is 0.405. The van der Waals surface area contributed by atoms with Gasteiger partial charge >= 0.3 is 0 Å². The van der Waals surface area contributed by atoms with Gasteiger partial charge in [0.05, 0.1) is 4.90 Å². The summed E-state index contributed by atoms with van der Waals surface area (Å²) >= 11 is 0. The van der Waals surface area contributed by atoms with Crippen molar-refractivity contribution in [1.82, 2.24) is 0 Å². The first-order valence-corrected chi connectivity index (χ1v) is 7.43. The SMILES string of the molecule is Cc1ccc(C(=O)Nc2cccc(S(C)(=O)=O)c2)o1. The van der Waals surface area contributed by atoms with Crippen LogP contribution in [-0.2, 0) is 9.84 Å². The standard InChI is InChI=1S/C13H13NO4S/c1-9-6-7-12(18-9)13(15)14-10-4-3-5-11(8-10)19(2,16)17/h3-8H,1-2H3,(H,14,15). The summed E-state index contributed by atoms with van der Waals surface area (Å²) in [6.07, 6.45) is 1.11. The maximum absolute atomic E-state index is 11.8. The fourth-order valence-corrected chi connectivity index (χ4v) is 2.22. The van der Waals surface area contributed by atoms with Gasteiger partial charge < -0.3 is 9.73 Å². The molecule has 0 atom stereocenters. The highest BCUT2D eigenvalue weighted by molar-refractivity contribution is 7.90. The second-order valence-electron chi connectivity index (χ2n) is 4.16. The molecule has 6 heteroatoms. The highest BCUT2D eigenvalue weighted by Crippen LogP contribution is 2.16. The Labute approximate surface area is 111 Å². The van der Waals surface area contributed by atoms with Crippen LogP contribution >= 0.6 is 0 Å². The molecular weight excluding hydrogens is 266 g/mol. The third-order valence-electron chi connectivity index (χ3n) is 2.48. The van der Waals surface area contributed by atoms with Crippen LogP contribution in [0.2, 0.25) is 0 Å². The Balaban J connectivity index is 2.22. The molecule has 0 fully saturated rings. The van der Waals surface area contributed by atoms with E-state index in [1.54, 1.807) is 31.2 Å². The van der Waals surface area contributed by atoms with Crippen molar-refractivity contribution in [1.29, 1.82) is 0 Å². The van der Waals surface area contributed by atoms with Gasteiger partial charge in [-0.15, -0.1) is 0 Å². The van der Waals surface area contributed by atoms with E-state index >= 15 is 0 Å². The second-order valence-corrected chi connectivity index (χ2v) is 6.18. The molecule has 100 valence electrons. The minimum absolute atomic E-state index is 0.154. The van der Waals surface area contributed by atoms with Crippen LogP contribution < -0.4 is 5.32 Å². The maximum Gasteiger partial charge on any atom is 0.291 e. The lowest BCUT2D eigenvalue weighted by molar-refractivity contribution is 0.0995. The van der Waals surface area contributed by atoms with Gasteiger partial charge in [0, 0.05) is 11.9 Å². The molecule has 0 saturated heterocycles. The number of amides is 1. The number of anilines is 1. The lowest BCUT2D eigenvalue weighted by atomic mass is 10.3. The van der Waals surface area contributed by atoms with Crippen LogP contribution in [0.4, 0.5) is 5.69 Å². The average Bonchev–Trinajstić information content (AvgIpc) is 2.75. The van der Waals surface area contributed by atoms with Crippen LogP contribution in [0.15, 0.2) is 45.7 Å². The van der Waals surface area contributed by atoms with Gasteiger partial charge in [-0.2, -0.15) is 0 Å². The van der Waals surface area contributed by atoms with E-state index in [0.717, 1.165) is 6.26 Å².